The Morgan fingerprint density at radius 3 is 2.48 bits per heavy atom. The van der Waals surface area contributed by atoms with E-state index in [0.717, 1.165) is 9.79 Å². The number of aromatic nitrogens is 2. The SMILES string of the molecule is COC(=O)Nc1cn2cc(Sc3ccc(OC(C)=O)cc3)ccc2n1. The summed E-state index contributed by atoms with van der Waals surface area (Å²) >= 11 is 1.56. The number of benzene rings is 1. The number of carbonyl (C=O) groups is 2. The quantitative estimate of drug-likeness (QED) is 0.568. The number of ether oxygens (including phenoxy) is 2. The van der Waals surface area contributed by atoms with E-state index in [2.05, 4.69) is 15.0 Å². The van der Waals surface area contributed by atoms with Crippen molar-refractivity contribution in [2.24, 2.45) is 0 Å². The lowest BCUT2D eigenvalue weighted by atomic mass is 10.3. The van der Waals surface area contributed by atoms with E-state index < -0.39 is 6.09 Å². The molecule has 0 aliphatic heterocycles. The summed E-state index contributed by atoms with van der Waals surface area (Å²) in [6.45, 7) is 1.37. The number of amides is 1. The molecule has 3 rings (SSSR count). The van der Waals surface area contributed by atoms with Gasteiger partial charge in [-0.3, -0.25) is 10.1 Å². The minimum absolute atomic E-state index is 0.345. The number of fused-ring (bicyclic) bond motifs is 1. The minimum Gasteiger partial charge on any atom is -0.453 e. The van der Waals surface area contributed by atoms with Crippen LogP contribution in [0.3, 0.4) is 0 Å². The van der Waals surface area contributed by atoms with Crippen LogP contribution in [0.5, 0.6) is 5.75 Å². The van der Waals surface area contributed by atoms with Crippen molar-refractivity contribution in [3.05, 3.63) is 48.8 Å². The third-order valence-electron chi connectivity index (χ3n) is 3.16. The number of pyridine rings is 1. The van der Waals surface area contributed by atoms with Gasteiger partial charge < -0.3 is 13.9 Å². The normalized spacial score (nSPS) is 10.5. The zero-order chi connectivity index (χ0) is 17.8. The van der Waals surface area contributed by atoms with Crippen molar-refractivity contribution in [2.45, 2.75) is 16.7 Å². The van der Waals surface area contributed by atoms with Gasteiger partial charge in [0.1, 0.15) is 11.4 Å². The van der Waals surface area contributed by atoms with Gasteiger partial charge in [0.05, 0.1) is 13.3 Å². The van der Waals surface area contributed by atoms with E-state index in [1.807, 2.05) is 34.9 Å². The van der Waals surface area contributed by atoms with Crippen molar-refractivity contribution in [2.75, 3.05) is 12.4 Å². The predicted octanol–water partition coefficient (Wildman–Crippen LogP) is 3.59. The molecule has 0 unspecified atom stereocenters. The number of rotatable bonds is 4. The van der Waals surface area contributed by atoms with E-state index in [-0.39, 0.29) is 5.97 Å². The summed E-state index contributed by atoms with van der Waals surface area (Å²) in [5, 5.41) is 2.53. The molecule has 0 saturated heterocycles. The number of imidazole rings is 1. The monoisotopic (exact) mass is 357 g/mol. The summed E-state index contributed by atoms with van der Waals surface area (Å²) in [6, 6.07) is 11.1. The summed E-state index contributed by atoms with van der Waals surface area (Å²) in [5.41, 5.74) is 0.709. The lowest BCUT2D eigenvalue weighted by molar-refractivity contribution is -0.131. The molecule has 1 N–H and O–H groups in total. The van der Waals surface area contributed by atoms with Crippen molar-refractivity contribution in [3.63, 3.8) is 0 Å². The van der Waals surface area contributed by atoms with Crippen LogP contribution < -0.4 is 10.1 Å². The van der Waals surface area contributed by atoms with Crippen molar-refractivity contribution in [3.8, 4) is 5.75 Å². The molecule has 2 aromatic heterocycles. The van der Waals surface area contributed by atoms with Gasteiger partial charge in [-0.25, -0.2) is 9.78 Å². The van der Waals surface area contributed by atoms with Crippen molar-refractivity contribution >= 4 is 35.3 Å². The number of hydrogen-bond donors (Lipinski definition) is 1. The highest BCUT2D eigenvalue weighted by Gasteiger charge is 2.07. The Kier molecular flexibility index (Phi) is 4.90. The van der Waals surface area contributed by atoms with Crippen molar-refractivity contribution < 1.29 is 19.1 Å². The summed E-state index contributed by atoms with van der Waals surface area (Å²) in [4.78, 5) is 28.5. The summed E-state index contributed by atoms with van der Waals surface area (Å²) in [5.74, 6) is 0.586. The Hall–Kier alpha value is -3.00. The molecule has 1 aromatic carbocycles. The van der Waals surface area contributed by atoms with E-state index >= 15 is 0 Å². The number of nitrogens with zero attached hydrogens (tertiary/aromatic N) is 2. The zero-order valence-corrected chi connectivity index (χ0v) is 14.4. The van der Waals surface area contributed by atoms with Gasteiger partial charge >= 0.3 is 12.1 Å². The highest BCUT2D eigenvalue weighted by molar-refractivity contribution is 7.99. The second-order valence-corrected chi connectivity index (χ2v) is 6.19. The Labute approximate surface area is 148 Å². The second-order valence-electron chi connectivity index (χ2n) is 5.04. The number of hydrogen-bond acceptors (Lipinski definition) is 6. The first-order chi connectivity index (χ1) is 12.0. The average Bonchev–Trinajstić information content (AvgIpc) is 2.97. The Morgan fingerprint density at radius 2 is 1.80 bits per heavy atom. The van der Waals surface area contributed by atoms with Crippen molar-refractivity contribution in [1.29, 1.82) is 0 Å². The first-order valence-corrected chi connectivity index (χ1v) is 8.15. The van der Waals surface area contributed by atoms with Gasteiger partial charge in [-0.2, -0.15) is 0 Å². The van der Waals surface area contributed by atoms with Crippen LogP contribution in [0, 0.1) is 0 Å². The molecule has 0 spiro atoms. The molecule has 0 aliphatic rings. The third kappa shape index (κ3) is 4.30. The lowest BCUT2D eigenvalue weighted by Gasteiger charge is -2.04. The molecular weight excluding hydrogens is 342 g/mol. The predicted molar refractivity (Wildman–Crippen MR) is 93.1 cm³/mol. The highest BCUT2D eigenvalue weighted by atomic mass is 32.2. The molecule has 128 valence electrons. The van der Waals surface area contributed by atoms with Crippen LogP contribution in [0.15, 0.2) is 58.6 Å². The largest absolute Gasteiger partial charge is 0.453 e. The number of esters is 1. The van der Waals surface area contributed by atoms with Crippen LogP contribution in [0.4, 0.5) is 10.6 Å². The molecule has 7 nitrogen and oxygen atoms in total. The zero-order valence-electron chi connectivity index (χ0n) is 13.6. The summed E-state index contributed by atoms with van der Waals surface area (Å²) in [6.07, 6.45) is 3.06. The van der Waals surface area contributed by atoms with Crippen LogP contribution in [0.2, 0.25) is 0 Å². The van der Waals surface area contributed by atoms with Crippen LogP contribution in [0.25, 0.3) is 5.65 Å². The van der Waals surface area contributed by atoms with E-state index in [4.69, 9.17) is 4.74 Å². The molecule has 25 heavy (non-hydrogen) atoms. The van der Waals surface area contributed by atoms with Gasteiger partial charge in [0.15, 0.2) is 5.82 Å². The number of methoxy groups -OCH3 is 1. The third-order valence-corrected chi connectivity index (χ3v) is 4.15. The van der Waals surface area contributed by atoms with Crippen molar-refractivity contribution in [1.82, 2.24) is 9.38 Å². The first kappa shape index (κ1) is 16.8. The van der Waals surface area contributed by atoms with Crippen LogP contribution in [0.1, 0.15) is 6.92 Å². The first-order valence-electron chi connectivity index (χ1n) is 7.33. The molecule has 3 aromatic rings. The number of anilines is 1. The molecule has 0 saturated carbocycles. The maximum atomic E-state index is 11.2. The van der Waals surface area contributed by atoms with Gasteiger partial charge in [-0.05, 0) is 36.4 Å². The smallest absolute Gasteiger partial charge is 0.412 e. The molecule has 0 radical (unpaired) electrons. The van der Waals surface area contributed by atoms with E-state index in [9.17, 15) is 9.59 Å². The van der Waals surface area contributed by atoms with E-state index in [1.165, 1.54) is 14.0 Å². The Morgan fingerprint density at radius 1 is 1.08 bits per heavy atom. The molecule has 1 amide bonds. The molecule has 2 heterocycles. The van der Waals surface area contributed by atoms with Crippen LogP contribution in [-0.4, -0.2) is 28.6 Å². The Bertz CT molecular complexity index is 921. The molecule has 0 fully saturated rings. The minimum atomic E-state index is -0.564. The van der Waals surface area contributed by atoms with Gasteiger partial charge in [-0.1, -0.05) is 11.8 Å². The van der Waals surface area contributed by atoms with Crippen LogP contribution >= 0.6 is 11.8 Å². The fourth-order valence-corrected chi connectivity index (χ4v) is 2.97. The summed E-state index contributed by atoms with van der Waals surface area (Å²) < 4.78 is 11.4. The summed E-state index contributed by atoms with van der Waals surface area (Å²) in [7, 11) is 1.30. The number of carbonyl (C=O) groups excluding carboxylic acids is 2. The molecule has 8 heteroatoms. The molecule has 0 atom stereocenters. The van der Waals surface area contributed by atoms with Gasteiger partial charge in [0.2, 0.25) is 0 Å². The standard InChI is InChI=1S/C17H15N3O4S/c1-11(21)24-12-3-5-13(6-4-12)25-14-7-8-16-18-15(10-20(16)9-14)19-17(22)23-2/h3-10H,1-2H3,(H,19,22). The lowest BCUT2D eigenvalue weighted by Crippen LogP contribution is -2.10. The Balaban J connectivity index is 1.75. The molecule has 0 bridgehead atoms. The fraction of sp³-hybridized carbons (Fsp3) is 0.118. The average molecular weight is 357 g/mol. The van der Waals surface area contributed by atoms with Gasteiger partial charge in [-0.15, -0.1) is 0 Å². The number of nitrogens with one attached hydrogen (secondary N) is 1. The van der Waals surface area contributed by atoms with Gasteiger partial charge in [0, 0.05) is 22.9 Å². The highest BCUT2D eigenvalue weighted by Crippen LogP contribution is 2.29. The molecule has 0 aliphatic carbocycles. The van der Waals surface area contributed by atoms with Crippen LogP contribution in [-0.2, 0) is 9.53 Å². The maximum Gasteiger partial charge on any atom is 0.412 e. The van der Waals surface area contributed by atoms with E-state index in [0.29, 0.717) is 17.2 Å². The second kappa shape index (κ2) is 7.27. The molecular formula is C17H15N3O4S. The van der Waals surface area contributed by atoms with Gasteiger partial charge in [0.25, 0.3) is 0 Å². The maximum absolute atomic E-state index is 11.2. The topological polar surface area (TPSA) is 81.9 Å². The fourth-order valence-electron chi connectivity index (χ4n) is 2.13. The van der Waals surface area contributed by atoms with E-state index in [1.54, 1.807) is 30.1 Å².